The highest BCUT2D eigenvalue weighted by Crippen LogP contribution is 2.43. The number of amides is 2. The fourth-order valence-electron chi connectivity index (χ4n) is 4.07. The summed E-state index contributed by atoms with van der Waals surface area (Å²) in [5, 5.41) is 14.9. The van der Waals surface area contributed by atoms with Crippen molar-refractivity contribution in [3.8, 4) is 11.3 Å². The second-order valence-corrected chi connectivity index (χ2v) is 11.3. The summed E-state index contributed by atoms with van der Waals surface area (Å²) in [5.74, 6) is -4.24. The number of rotatable bonds is 8. The number of halogens is 6. The van der Waals surface area contributed by atoms with Gasteiger partial charge in [0, 0.05) is 5.56 Å². The molecule has 44 heavy (non-hydrogen) atoms. The quantitative estimate of drug-likeness (QED) is 0.243. The lowest BCUT2D eigenvalue weighted by molar-refractivity contribution is -0.266. The van der Waals surface area contributed by atoms with Crippen LogP contribution in [0.5, 0.6) is 0 Å². The predicted octanol–water partition coefficient (Wildman–Crippen LogP) is 6.60. The van der Waals surface area contributed by atoms with Crippen molar-refractivity contribution < 1.29 is 50.5 Å². The molecule has 1 atom stereocenters. The maximum absolute atomic E-state index is 16.2. The molecule has 3 N–H and O–H groups in total. The van der Waals surface area contributed by atoms with Crippen molar-refractivity contribution in [2.45, 2.75) is 64.1 Å². The monoisotopic (exact) mass is 627 g/mol. The van der Waals surface area contributed by atoms with Crippen molar-refractivity contribution >= 4 is 12.2 Å². The second kappa shape index (κ2) is 12.7. The molecule has 0 aliphatic carbocycles. The highest BCUT2D eigenvalue weighted by Gasteiger charge is 2.59. The van der Waals surface area contributed by atoms with Gasteiger partial charge >= 0.3 is 18.4 Å². The van der Waals surface area contributed by atoms with Crippen LogP contribution in [0.25, 0.3) is 11.3 Å². The highest BCUT2D eigenvalue weighted by atomic mass is 19.4. The van der Waals surface area contributed by atoms with Gasteiger partial charge in [0.25, 0.3) is 0 Å². The van der Waals surface area contributed by atoms with Gasteiger partial charge in [-0.2, -0.15) is 13.2 Å². The van der Waals surface area contributed by atoms with Gasteiger partial charge in [-0.15, -0.1) is 0 Å². The van der Waals surface area contributed by atoms with Crippen LogP contribution in [0.1, 0.15) is 51.4 Å². The van der Waals surface area contributed by atoms with Gasteiger partial charge in [0.05, 0.1) is 17.6 Å². The Bertz CT molecular complexity index is 1490. The molecule has 1 heterocycles. The molecule has 1 aromatic heterocycles. The topological polar surface area (TPSA) is 110 Å². The first-order chi connectivity index (χ1) is 20.2. The zero-order valence-electron chi connectivity index (χ0n) is 24.4. The van der Waals surface area contributed by atoms with Crippen molar-refractivity contribution in [3.63, 3.8) is 0 Å². The van der Waals surface area contributed by atoms with Crippen LogP contribution >= 0.6 is 0 Å². The number of hydrogen-bond acceptors (Lipinski definition) is 6. The van der Waals surface area contributed by atoms with Crippen LogP contribution in [0.3, 0.4) is 0 Å². The summed E-state index contributed by atoms with van der Waals surface area (Å²) in [6, 6.07) is 12.1. The van der Waals surface area contributed by atoms with E-state index in [0.29, 0.717) is 5.56 Å². The number of alkyl carbamates (subject to hydrolysis) is 2. The number of carbonyl (C=O) groups is 2. The van der Waals surface area contributed by atoms with Crippen LogP contribution < -0.4 is 10.6 Å². The van der Waals surface area contributed by atoms with Crippen molar-refractivity contribution in [1.29, 1.82) is 0 Å². The lowest BCUT2D eigenvalue weighted by atomic mass is 9.87. The maximum atomic E-state index is 16.2. The molecule has 0 spiro atoms. The molecule has 0 aliphatic rings. The van der Waals surface area contributed by atoms with E-state index in [1.807, 2.05) is 0 Å². The lowest BCUT2D eigenvalue weighted by Gasteiger charge is -2.34. The van der Waals surface area contributed by atoms with Crippen LogP contribution in [0.2, 0.25) is 0 Å². The van der Waals surface area contributed by atoms with E-state index in [1.54, 1.807) is 35.6 Å². The number of ether oxygens (including phenoxy) is 2. The Morgan fingerprint density at radius 3 is 2.00 bits per heavy atom. The van der Waals surface area contributed by atoms with Gasteiger partial charge in [0.2, 0.25) is 5.60 Å². The molecule has 0 fully saturated rings. The number of pyridine rings is 1. The van der Waals surface area contributed by atoms with Crippen LogP contribution in [0.4, 0.5) is 35.9 Å². The Kier molecular flexibility index (Phi) is 9.88. The Morgan fingerprint density at radius 2 is 1.45 bits per heavy atom. The van der Waals surface area contributed by atoms with E-state index in [9.17, 15) is 32.3 Å². The summed E-state index contributed by atoms with van der Waals surface area (Å²) >= 11 is 0. The zero-order chi connectivity index (χ0) is 33.1. The Hall–Kier alpha value is -4.33. The summed E-state index contributed by atoms with van der Waals surface area (Å²) in [7, 11) is 0. The molecular weight excluding hydrogens is 596 g/mol. The average Bonchev–Trinajstić information content (AvgIpc) is 2.90. The number of nitrogens with zero attached hydrogens (tertiary/aromatic N) is 1. The number of alkyl halides is 3. The standard InChI is InChI=1S/C30H31F6N3O5/c1-27(2,3)44-25(40)37-16-29(42,30(34,35)36)24-22(33)20(21(32)23(38-24)18-11-13-19(31)14-12-18)28(4,5)39-26(41)43-15-17-9-7-6-8-10-17/h6-14,42H,15-16H2,1-5H3,(H,37,40)(H,39,41). The molecule has 8 nitrogen and oxygen atoms in total. The maximum Gasteiger partial charge on any atom is 0.424 e. The number of aliphatic hydroxyl groups is 1. The Morgan fingerprint density at radius 1 is 0.864 bits per heavy atom. The van der Waals surface area contributed by atoms with Gasteiger partial charge in [0.15, 0.2) is 11.6 Å². The van der Waals surface area contributed by atoms with Crippen molar-refractivity contribution in [3.05, 3.63) is 88.9 Å². The Labute approximate surface area is 249 Å². The summed E-state index contributed by atoms with van der Waals surface area (Å²) in [6.45, 7) is 4.56. The minimum absolute atomic E-state index is 0.236. The van der Waals surface area contributed by atoms with E-state index < -0.39 is 76.1 Å². The van der Waals surface area contributed by atoms with E-state index >= 15 is 8.78 Å². The van der Waals surface area contributed by atoms with E-state index in [0.717, 1.165) is 38.1 Å². The number of aromatic nitrogens is 1. The zero-order valence-corrected chi connectivity index (χ0v) is 24.4. The van der Waals surface area contributed by atoms with Crippen molar-refractivity contribution in [2.75, 3.05) is 6.54 Å². The fourth-order valence-corrected chi connectivity index (χ4v) is 4.07. The molecular formula is C30H31F6N3O5. The van der Waals surface area contributed by atoms with Crippen LogP contribution in [-0.2, 0) is 27.2 Å². The minimum atomic E-state index is -5.68. The summed E-state index contributed by atoms with van der Waals surface area (Å²) < 4.78 is 99.2. The number of carbonyl (C=O) groups excluding carboxylic acids is 2. The fraction of sp³-hybridized carbons (Fsp3) is 0.367. The van der Waals surface area contributed by atoms with E-state index in [1.165, 1.54) is 20.8 Å². The lowest BCUT2D eigenvalue weighted by Crippen LogP contribution is -2.53. The van der Waals surface area contributed by atoms with E-state index in [-0.39, 0.29) is 12.2 Å². The third-order valence-corrected chi connectivity index (χ3v) is 6.20. The molecule has 3 rings (SSSR count). The van der Waals surface area contributed by atoms with E-state index in [4.69, 9.17) is 9.47 Å². The molecule has 0 radical (unpaired) electrons. The van der Waals surface area contributed by atoms with Gasteiger partial charge < -0.3 is 25.2 Å². The number of benzene rings is 2. The average molecular weight is 628 g/mol. The summed E-state index contributed by atoms with van der Waals surface area (Å²) in [6.07, 6.45) is -8.22. The second-order valence-electron chi connectivity index (χ2n) is 11.3. The highest BCUT2D eigenvalue weighted by molar-refractivity contribution is 5.70. The first-order valence-electron chi connectivity index (χ1n) is 13.2. The number of nitrogens with one attached hydrogen (secondary N) is 2. The number of hydrogen-bond donors (Lipinski definition) is 3. The predicted molar refractivity (Wildman–Crippen MR) is 147 cm³/mol. The van der Waals surface area contributed by atoms with Crippen LogP contribution in [0, 0.1) is 17.5 Å². The van der Waals surface area contributed by atoms with Crippen LogP contribution in [-0.4, -0.2) is 40.6 Å². The third-order valence-electron chi connectivity index (χ3n) is 6.20. The van der Waals surface area contributed by atoms with Gasteiger partial charge in [0.1, 0.15) is 29.4 Å². The van der Waals surface area contributed by atoms with Gasteiger partial charge in [-0.05, 0) is 64.4 Å². The smallest absolute Gasteiger partial charge is 0.424 e. The molecule has 2 amide bonds. The molecule has 0 bridgehead atoms. The van der Waals surface area contributed by atoms with Gasteiger partial charge in [-0.3, -0.25) is 0 Å². The Balaban J connectivity index is 2.15. The molecule has 238 valence electrons. The third kappa shape index (κ3) is 7.98. The summed E-state index contributed by atoms with van der Waals surface area (Å²) in [5.41, 5.74) is -10.9. The van der Waals surface area contributed by atoms with Crippen LogP contribution in [0.15, 0.2) is 54.6 Å². The van der Waals surface area contributed by atoms with E-state index in [2.05, 4.69) is 10.3 Å². The normalized spacial score (nSPS) is 13.5. The molecule has 14 heteroatoms. The van der Waals surface area contributed by atoms with Crippen molar-refractivity contribution in [2.24, 2.45) is 0 Å². The molecule has 0 aliphatic heterocycles. The van der Waals surface area contributed by atoms with Gasteiger partial charge in [-0.1, -0.05) is 30.3 Å². The molecule has 1 unspecified atom stereocenters. The van der Waals surface area contributed by atoms with Crippen molar-refractivity contribution in [1.82, 2.24) is 15.6 Å². The molecule has 3 aromatic rings. The first kappa shape index (κ1) is 34.2. The first-order valence-corrected chi connectivity index (χ1v) is 13.2. The molecule has 0 saturated heterocycles. The largest absolute Gasteiger partial charge is 0.445 e. The summed E-state index contributed by atoms with van der Waals surface area (Å²) in [4.78, 5) is 28.3. The molecule has 2 aromatic carbocycles. The SMILES string of the molecule is CC(C)(C)OC(=O)NCC(O)(c1nc(-c2ccc(F)cc2)c(F)c(C(C)(C)NC(=O)OCc2ccccc2)c1F)C(F)(F)F. The molecule has 0 saturated carbocycles. The minimum Gasteiger partial charge on any atom is -0.445 e. The van der Waals surface area contributed by atoms with Gasteiger partial charge in [-0.25, -0.2) is 27.7 Å².